The molecule has 0 fully saturated rings. The number of amides is 10. The summed E-state index contributed by atoms with van der Waals surface area (Å²) in [5.41, 5.74) is -4.88. The zero-order chi connectivity index (χ0) is 60.4. The Labute approximate surface area is 461 Å². The molecule has 7 atom stereocenters. The quantitative estimate of drug-likeness (QED) is 0.0539. The molecule has 0 unspecified atom stereocenters. The normalized spacial score (nSPS) is 14.7. The molecule has 1 rings (SSSR count). The number of carbonyl (C=O) groups is 11. The number of carbonyl (C=O) groups excluding carboxylic acids is 11. The summed E-state index contributed by atoms with van der Waals surface area (Å²) in [5.74, 6) is -9.64. The fourth-order valence-corrected chi connectivity index (χ4v) is 7.60. The number of benzene rings is 1. The molecule has 10 N–H and O–H groups in total. The standard InChI is InChI=1S/C55H92N10O13/c1-21-33(10)41(47(72)64-54(16,17)48(73)57-35(27-34-25-23-22-24-26-34)42(67)58-40(32(8)9)46(71)65-55(18,19)50(75)77-20)60-44(69)38(30(4)5)59-45(70)39(31(6)7)61-49(74)53(14,15)63-36(66)28-56-43(68)37(29(2)3)62-51(76)78-52(11,12)13/h22-26,29-33,35,37-41H,21,27-28H2,1-20H3,(H,56,68)(H,57,73)(H,58,67)(H,59,70)(H,60,69)(H,61,74)(H,62,76)(H,63,66)(H,64,72)(H,65,71)/t33-,35-,37-,38-,39-,40-,41-/m0/s1. The first-order chi connectivity index (χ1) is 35.7. The molecule has 0 saturated heterocycles. The van der Waals surface area contributed by atoms with Crippen molar-refractivity contribution < 1.29 is 62.2 Å². The summed E-state index contributed by atoms with van der Waals surface area (Å²) >= 11 is 0. The van der Waals surface area contributed by atoms with Crippen LogP contribution in [0.15, 0.2) is 30.3 Å². The fraction of sp³-hybridized carbons (Fsp3) is 0.691. The highest BCUT2D eigenvalue weighted by Gasteiger charge is 2.41. The summed E-state index contributed by atoms with van der Waals surface area (Å²) in [5, 5.41) is 26.5. The molecule has 78 heavy (non-hydrogen) atoms. The van der Waals surface area contributed by atoms with Crippen LogP contribution in [-0.4, -0.2) is 137 Å². The topological polar surface area (TPSA) is 327 Å². The van der Waals surface area contributed by atoms with E-state index in [4.69, 9.17) is 9.47 Å². The third-order valence-electron chi connectivity index (χ3n) is 12.6. The number of methoxy groups -OCH3 is 1. The molecule has 0 aliphatic heterocycles. The van der Waals surface area contributed by atoms with Gasteiger partial charge < -0.3 is 62.6 Å². The number of ether oxygens (including phenoxy) is 2. The number of rotatable bonds is 28. The summed E-state index contributed by atoms with van der Waals surface area (Å²) < 4.78 is 10.1. The van der Waals surface area contributed by atoms with Crippen LogP contribution in [0.1, 0.15) is 144 Å². The third kappa shape index (κ3) is 22.3. The number of esters is 1. The average Bonchev–Trinajstić information content (AvgIpc) is 3.31. The summed E-state index contributed by atoms with van der Waals surface area (Å²) in [6.45, 7) is 30.0. The van der Waals surface area contributed by atoms with Crippen molar-refractivity contribution in [2.75, 3.05) is 13.7 Å². The van der Waals surface area contributed by atoms with Crippen LogP contribution in [0.5, 0.6) is 0 Å². The molecular weight excluding hydrogens is 1010 g/mol. The molecule has 0 bridgehead atoms. The van der Waals surface area contributed by atoms with Crippen LogP contribution < -0.4 is 53.2 Å². The number of alkyl carbamates (subject to hydrolysis) is 1. The van der Waals surface area contributed by atoms with E-state index in [1.807, 2.05) is 0 Å². The summed E-state index contributed by atoms with van der Waals surface area (Å²) in [6.07, 6.45) is -0.424. The fourth-order valence-electron chi connectivity index (χ4n) is 7.60. The van der Waals surface area contributed by atoms with Gasteiger partial charge in [-0.25, -0.2) is 9.59 Å². The van der Waals surface area contributed by atoms with Crippen LogP contribution in [0, 0.1) is 29.6 Å². The van der Waals surface area contributed by atoms with E-state index >= 15 is 0 Å². The van der Waals surface area contributed by atoms with Crippen molar-refractivity contribution in [1.82, 2.24) is 53.2 Å². The van der Waals surface area contributed by atoms with E-state index in [0.717, 1.165) is 0 Å². The zero-order valence-corrected chi connectivity index (χ0v) is 49.7. The smallest absolute Gasteiger partial charge is 0.408 e. The third-order valence-corrected chi connectivity index (χ3v) is 12.6. The molecule has 1 aromatic rings. The van der Waals surface area contributed by atoms with Gasteiger partial charge in [0.1, 0.15) is 58.5 Å². The number of nitrogens with one attached hydrogen (secondary N) is 10. The molecule has 0 aliphatic rings. The average molecular weight is 1100 g/mol. The lowest BCUT2D eigenvalue weighted by molar-refractivity contribution is -0.150. The highest BCUT2D eigenvalue weighted by atomic mass is 16.6. The molecule has 0 aliphatic carbocycles. The van der Waals surface area contributed by atoms with E-state index in [1.165, 1.54) is 48.7 Å². The lowest BCUT2D eigenvalue weighted by Crippen LogP contribution is -2.65. The Kier molecular flexibility index (Phi) is 26.4. The molecule has 440 valence electrons. The molecule has 10 amide bonds. The second-order valence-electron chi connectivity index (χ2n) is 23.7. The van der Waals surface area contributed by atoms with Gasteiger partial charge >= 0.3 is 12.1 Å². The Hall–Kier alpha value is -6.81. The highest BCUT2D eigenvalue weighted by molar-refractivity contribution is 6.00. The van der Waals surface area contributed by atoms with Gasteiger partial charge in [0.05, 0.1) is 13.7 Å². The summed E-state index contributed by atoms with van der Waals surface area (Å²) in [6, 6.07) is 1.69. The van der Waals surface area contributed by atoms with Crippen LogP contribution in [0.3, 0.4) is 0 Å². The van der Waals surface area contributed by atoms with Crippen LogP contribution in [-0.2, 0) is 63.8 Å². The maximum absolute atomic E-state index is 14.2. The van der Waals surface area contributed by atoms with Gasteiger partial charge in [-0.05, 0) is 97.5 Å². The van der Waals surface area contributed by atoms with Gasteiger partial charge in [0.15, 0.2) is 0 Å². The van der Waals surface area contributed by atoms with E-state index in [-0.39, 0.29) is 12.3 Å². The lowest BCUT2D eigenvalue weighted by Gasteiger charge is -2.33. The second-order valence-corrected chi connectivity index (χ2v) is 23.7. The van der Waals surface area contributed by atoms with Crippen LogP contribution in [0.4, 0.5) is 4.79 Å². The molecule has 0 aromatic heterocycles. The summed E-state index contributed by atoms with van der Waals surface area (Å²) in [4.78, 5) is 149. The van der Waals surface area contributed by atoms with Crippen molar-refractivity contribution in [3.05, 3.63) is 35.9 Å². The molecule has 23 nitrogen and oxygen atoms in total. The Morgan fingerprint density at radius 1 is 0.474 bits per heavy atom. The van der Waals surface area contributed by atoms with E-state index < -0.39 is 154 Å². The lowest BCUT2D eigenvalue weighted by atomic mass is 9.94. The van der Waals surface area contributed by atoms with E-state index in [0.29, 0.717) is 12.0 Å². The van der Waals surface area contributed by atoms with Gasteiger partial charge in [0.2, 0.25) is 53.2 Å². The predicted octanol–water partition coefficient (Wildman–Crippen LogP) is 2.19. The Bertz CT molecular complexity index is 2270. The molecule has 0 heterocycles. The highest BCUT2D eigenvalue weighted by Crippen LogP contribution is 2.17. The SMILES string of the molecule is CC[C@H](C)[C@H](NC(=O)[C@@H](NC(=O)[C@@H](NC(=O)C(C)(C)NC(=O)CNC(=O)[C@@H](NC(=O)OC(C)(C)C)C(C)C)C(C)C)C(C)C)C(=O)NC(C)(C)C(=O)N[C@@H](Cc1ccccc1)C(=O)N[C@H](C(=O)NC(C)(C)C(=O)OC)C(C)C. The first-order valence-corrected chi connectivity index (χ1v) is 26.6. The molecular formula is C55H92N10O13. The van der Waals surface area contributed by atoms with Gasteiger partial charge in [0, 0.05) is 6.42 Å². The Morgan fingerprint density at radius 2 is 0.885 bits per heavy atom. The predicted molar refractivity (Wildman–Crippen MR) is 293 cm³/mol. The maximum atomic E-state index is 14.2. The van der Waals surface area contributed by atoms with Crippen molar-refractivity contribution in [3.8, 4) is 0 Å². The van der Waals surface area contributed by atoms with Gasteiger partial charge in [-0.15, -0.1) is 0 Å². The number of hydrogen-bond donors (Lipinski definition) is 10. The van der Waals surface area contributed by atoms with Gasteiger partial charge in [-0.2, -0.15) is 0 Å². The second kappa shape index (κ2) is 29.8. The molecule has 0 radical (unpaired) electrons. The van der Waals surface area contributed by atoms with E-state index in [2.05, 4.69) is 53.2 Å². The first-order valence-electron chi connectivity index (χ1n) is 26.6. The van der Waals surface area contributed by atoms with Crippen molar-refractivity contribution in [2.45, 2.75) is 203 Å². The molecule has 0 saturated carbocycles. The minimum Gasteiger partial charge on any atom is -0.467 e. The largest absolute Gasteiger partial charge is 0.467 e. The van der Waals surface area contributed by atoms with Crippen molar-refractivity contribution in [2.24, 2.45) is 29.6 Å². The maximum Gasteiger partial charge on any atom is 0.408 e. The zero-order valence-electron chi connectivity index (χ0n) is 49.7. The Morgan fingerprint density at radius 3 is 1.36 bits per heavy atom. The van der Waals surface area contributed by atoms with Crippen molar-refractivity contribution in [3.63, 3.8) is 0 Å². The van der Waals surface area contributed by atoms with E-state index in [1.54, 1.807) is 120 Å². The monoisotopic (exact) mass is 1100 g/mol. The van der Waals surface area contributed by atoms with Crippen LogP contribution in [0.25, 0.3) is 0 Å². The number of hydrogen-bond acceptors (Lipinski definition) is 13. The first kappa shape index (κ1) is 69.2. The van der Waals surface area contributed by atoms with Gasteiger partial charge in [-0.3, -0.25) is 43.2 Å². The van der Waals surface area contributed by atoms with E-state index in [9.17, 15) is 52.7 Å². The van der Waals surface area contributed by atoms with Gasteiger partial charge in [-0.1, -0.05) is 106 Å². The van der Waals surface area contributed by atoms with Crippen LogP contribution in [0.2, 0.25) is 0 Å². The molecule has 1 aromatic carbocycles. The Balaban J connectivity index is 3.28. The van der Waals surface area contributed by atoms with Gasteiger partial charge in [0.25, 0.3) is 0 Å². The minimum atomic E-state index is -1.70. The molecule has 0 spiro atoms. The summed E-state index contributed by atoms with van der Waals surface area (Å²) in [7, 11) is 1.18. The molecule has 23 heteroatoms. The minimum absolute atomic E-state index is 0.00877. The van der Waals surface area contributed by atoms with Crippen molar-refractivity contribution >= 4 is 65.2 Å². The van der Waals surface area contributed by atoms with Crippen LogP contribution >= 0.6 is 0 Å². The van der Waals surface area contributed by atoms with Crippen molar-refractivity contribution in [1.29, 1.82) is 0 Å².